The zero-order valence-electron chi connectivity index (χ0n) is 12.6. The maximum Gasteiger partial charge on any atom is 0.117 e. The lowest BCUT2D eigenvalue weighted by Gasteiger charge is -2.21. The summed E-state index contributed by atoms with van der Waals surface area (Å²) >= 11 is 12.6. The van der Waals surface area contributed by atoms with Gasteiger partial charge in [0.05, 0.1) is 12.6 Å². The molecule has 0 bridgehead atoms. The first-order valence-corrected chi connectivity index (χ1v) is 8.16. The molecule has 0 unspecified atom stereocenters. The Labute approximate surface area is 149 Å². The van der Waals surface area contributed by atoms with Gasteiger partial charge in [0.15, 0.2) is 0 Å². The number of hydrogen-bond donors (Lipinski definition) is 4. The average Bonchev–Trinajstić information content (AvgIpc) is 2.91. The summed E-state index contributed by atoms with van der Waals surface area (Å²) in [5, 5.41) is 32.4. The molecule has 0 aliphatic carbocycles. The smallest absolute Gasteiger partial charge is 0.117 e. The van der Waals surface area contributed by atoms with Crippen molar-refractivity contribution in [2.24, 2.45) is 4.99 Å². The van der Waals surface area contributed by atoms with Gasteiger partial charge >= 0.3 is 0 Å². The third-order valence-corrected chi connectivity index (χ3v) is 4.56. The fourth-order valence-electron chi connectivity index (χ4n) is 2.80. The number of phenols is 2. The van der Waals surface area contributed by atoms with E-state index in [0.717, 1.165) is 11.1 Å². The van der Waals surface area contributed by atoms with Crippen LogP contribution >= 0.6 is 23.2 Å². The maximum atomic E-state index is 9.56. The standard InChI is InChI=1S/C17H16Cl2N2O3/c18-13-7-9(23)1-3-11(13)16-17(21-15(20-16)5-6-22)12-4-2-10(24)8-14(12)19/h1-4,7-8,16-17,22-24H,5-6H2,(H,20,21)/t16-,17+. The van der Waals surface area contributed by atoms with Crippen LogP contribution in [0.5, 0.6) is 11.5 Å². The summed E-state index contributed by atoms with van der Waals surface area (Å²) < 4.78 is 0. The predicted octanol–water partition coefficient (Wildman–Crippen LogP) is 3.57. The van der Waals surface area contributed by atoms with Crippen LogP contribution in [0, 0.1) is 0 Å². The highest BCUT2D eigenvalue weighted by Crippen LogP contribution is 2.42. The first-order valence-electron chi connectivity index (χ1n) is 7.40. The normalized spacial score (nSPS) is 19.9. The summed E-state index contributed by atoms with van der Waals surface area (Å²) in [5.74, 6) is 0.812. The van der Waals surface area contributed by atoms with Crippen LogP contribution in [0.1, 0.15) is 29.6 Å². The number of nitrogens with zero attached hydrogens (tertiary/aromatic N) is 1. The van der Waals surface area contributed by atoms with Gasteiger partial charge in [-0.05, 0) is 35.4 Å². The highest BCUT2D eigenvalue weighted by atomic mass is 35.5. The van der Waals surface area contributed by atoms with Gasteiger partial charge < -0.3 is 20.6 Å². The molecule has 0 spiro atoms. The Morgan fingerprint density at radius 1 is 0.958 bits per heavy atom. The predicted molar refractivity (Wildman–Crippen MR) is 94.0 cm³/mol. The van der Waals surface area contributed by atoms with Crippen LogP contribution in [0.3, 0.4) is 0 Å². The van der Waals surface area contributed by atoms with E-state index in [1.165, 1.54) is 12.1 Å². The van der Waals surface area contributed by atoms with E-state index in [1.54, 1.807) is 24.3 Å². The quantitative estimate of drug-likeness (QED) is 0.666. The van der Waals surface area contributed by atoms with Gasteiger partial charge in [-0.15, -0.1) is 0 Å². The van der Waals surface area contributed by atoms with Crippen LogP contribution in [0.2, 0.25) is 10.0 Å². The highest BCUT2D eigenvalue weighted by Gasteiger charge is 2.33. The summed E-state index contributed by atoms with van der Waals surface area (Å²) in [4.78, 5) is 4.62. The van der Waals surface area contributed by atoms with E-state index < -0.39 is 0 Å². The molecule has 0 amide bonds. The minimum atomic E-state index is -0.360. The lowest BCUT2D eigenvalue weighted by molar-refractivity contribution is 0.306. The third kappa shape index (κ3) is 3.29. The molecule has 2 atom stereocenters. The van der Waals surface area contributed by atoms with E-state index in [0.29, 0.717) is 22.3 Å². The highest BCUT2D eigenvalue weighted by molar-refractivity contribution is 6.32. The Hall–Kier alpha value is -1.95. The molecule has 0 saturated heterocycles. The van der Waals surface area contributed by atoms with Gasteiger partial charge in [0.1, 0.15) is 23.4 Å². The molecule has 24 heavy (non-hydrogen) atoms. The van der Waals surface area contributed by atoms with Gasteiger partial charge in [-0.1, -0.05) is 35.3 Å². The number of amidine groups is 1. The van der Waals surface area contributed by atoms with E-state index >= 15 is 0 Å². The van der Waals surface area contributed by atoms with Crippen LogP contribution in [-0.4, -0.2) is 27.8 Å². The number of nitrogens with one attached hydrogen (secondary N) is 1. The molecule has 3 rings (SSSR count). The number of aromatic hydroxyl groups is 2. The first kappa shape index (κ1) is 16.9. The number of aliphatic hydroxyl groups is 1. The molecule has 0 radical (unpaired) electrons. The van der Waals surface area contributed by atoms with Gasteiger partial charge in [0.2, 0.25) is 0 Å². The van der Waals surface area contributed by atoms with E-state index in [9.17, 15) is 15.3 Å². The minimum Gasteiger partial charge on any atom is -0.508 e. The number of aliphatic hydroxyl groups excluding tert-OH is 1. The molecule has 0 aromatic heterocycles. The van der Waals surface area contributed by atoms with Crippen molar-refractivity contribution in [2.45, 2.75) is 18.5 Å². The Morgan fingerprint density at radius 3 is 2.08 bits per heavy atom. The van der Waals surface area contributed by atoms with Crippen molar-refractivity contribution in [2.75, 3.05) is 6.61 Å². The van der Waals surface area contributed by atoms with Gasteiger partial charge in [0.25, 0.3) is 0 Å². The summed E-state index contributed by atoms with van der Waals surface area (Å²) in [5.41, 5.74) is 1.50. The van der Waals surface area contributed by atoms with Crippen LogP contribution < -0.4 is 5.32 Å². The number of phenolic OH excluding ortho intramolecular Hbond substituents is 2. The maximum absolute atomic E-state index is 9.56. The largest absolute Gasteiger partial charge is 0.508 e. The topological polar surface area (TPSA) is 85.1 Å². The van der Waals surface area contributed by atoms with E-state index in [4.69, 9.17) is 23.2 Å². The van der Waals surface area contributed by atoms with Crippen molar-refractivity contribution < 1.29 is 15.3 Å². The van der Waals surface area contributed by atoms with E-state index in [-0.39, 0.29) is 30.2 Å². The monoisotopic (exact) mass is 366 g/mol. The molecule has 1 aliphatic heterocycles. The Morgan fingerprint density at radius 2 is 1.54 bits per heavy atom. The number of rotatable bonds is 4. The number of hydrogen-bond acceptors (Lipinski definition) is 5. The van der Waals surface area contributed by atoms with Crippen LogP contribution in [-0.2, 0) is 0 Å². The van der Waals surface area contributed by atoms with E-state index in [1.807, 2.05) is 0 Å². The number of benzene rings is 2. The van der Waals surface area contributed by atoms with Crippen molar-refractivity contribution in [3.8, 4) is 11.5 Å². The SMILES string of the molecule is OCCC1=N[C@H](c2ccc(O)cc2Cl)[C@H](c2ccc(O)cc2Cl)N1. The van der Waals surface area contributed by atoms with Crippen molar-refractivity contribution in [1.29, 1.82) is 0 Å². The van der Waals surface area contributed by atoms with Crippen LogP contribution in [0.4, 0.5) is 0 Å². The first-order chi connectivity index (χ1) is 11.5. The lowest BCUT2D eigenvalue weighted by atomic mass is 9.94. The summed E-state index contributed by atoms with van der Waals surface area (Å²) in [6.07, 6.45) is 0.387. The van der Waals surface area contributed by atoms with Crippen molar-refractivity contribution >= 4 is 29.0 Å². The molecule has 7 heteroatoms. The number of aliphatic imine (C=N–C) groups is 1. The molecule has 5 nitrogen and oxygen atoms in total. The van der Waals surface area contributed by atoms with Crippen molar-refractivity contribution in [1.82, 2.24) is 5.32 Å². The summed E-state index contributed by atoms with van der Waals surface area (Å²) in [6.45, 7) is -0.0299. The van der Waals surface area contributed by atoms with Crippen LogP contribution in [0.25, 0.3) is 0 Å². The molecule has 4 N–H and O–H groups in total. The Balaban J connectivity index is 2.04. The second kappa shape index (κ2) is 6.89. The van der Waals surface area contributed by atoms with Gasteiger partial charge in [0, 0.05) is 16.5 Å². The fourth-order valence-corrected chi connectivity index (χ4v) is 3.38. The molecule has 0 fully saturated rings. The Bertz CT molecular complexity index is 795. The van der Waals surface area contributed by atoms with Gasteiger partial charge in [-0.25, -0.2) is 0 Å². The Kier molecular flexibility index (Phi) is 4.85. The fraction of sp³-hybridized carbons (Fsp3) is 0.235. The van der Waals surface area contributed by atoms with Crippen molar-refractivity contribution in [3.63, 3.8) is 0 Å². The van der Waals surface area contributed by atoms with Crippen molar-refractivity contribution in [3.05, 3.63) is 57.6 Å². The molecule has 0 saturated carbocycles. The molecular weight excluding hydrogens is 351 g/mol. The third-order valence-electron chi connectivity index (χ3n) is 3.90. The molecule has 2 aromatic carbocycles. The molecular formula is C17H16Cl2N2O3. The van der Waals surface area contributed by atoms with E-state index in [2.05, 4.69) is 10.3 Å². The average molecular weight is 367 g/mol. The summed E-state index contributed by atoms with van der Waals surface area (Å²) in [6, 6.07) is 8.84. The molecule has 2 aromatic rings. The second-order valence-electron chi connectivity index (χ2n) is 5.53. The molecule has 1 heterocycles. The second-order valence-corrected chi connectivity index (χ2v) is 6.34. The molecule has 126 valence electrons. The van der Waals surface area contributed by atoms with Gasteiger partial charge in [-0.2, -0.15) is 0 Å². The number of halogens is 2. The minimum absolute atomic E-state index is 0.0299. The van der Waals surface area contributed by atoms with Crippen LogP contribution in [0.15, 0.2) is 41.4 Å². The molecule has 1 aliphatic rings. The zero-order chi connectivity index (χ0) is 17.3. The summed E-state index contributed by atoms with van der Waals surface area (Å²) in [7, 11) is 0. The zero-order valence-corrected chi connectivity index (χ0v) is 14.1. The lowest BCUT2D eigenvalue weighted by Crippen LogP contribution is -2.25. The van der Waals surface area contributed by atoms with Gasteiger partial charge in [-0.3, -0.25) is 4.99 Å².